The third-order valence-corrected chi connectivity index (χ3v) is 3.46. The minimum Gasteiger partial charge on any atom is -0.493 e. The highest BCUT2D eigenvalue weighted by molar-refractivity contribution is 6.06. The van der Waals surface area contributed by atoms with Crippen LogP contribution in [-0.4, -0.2) is 22.3 Å². The summed E-state index contributed by atoms with van der Waals surface area (Å²) in [4.78, 5) is 12.3. The number of para-hydroxylation sites is 1. The first kappa shape index (κ1) is 13.7. The molecule has 1 saturated carbocycles. The highest BCUT2D eigenvalue weighted by Gasteiger charge is 2.22. The van der Waals surface area contributed by atoms with Crippen molar-refractivity contribution >= 4 is 11.6 Å². The second kappa shape index (κ2) is 5.99. The summed E-state index contributed by atoms with van der Waals surface area (Å²) in [6, 6.07) is 7.24. The van der Waals surface area contributed by atoms with Crippen molar-refractivity contribution in [3.05, 3.63) is 42.2 Å². The lowest BCUT2D eigenvalue weighted by Gasteiger charge is -2.09. The third kappa shape index (κ3) is 3.42. The minimum atomic E-state index is -0.176. The Kier molecular flexibility index (Phi) is 3.90. The Morgan fingerprint density at radius 3 is 3.00 bits per heavy atom. The van der Waals surface area contributed by atoms with E-state index in [9.17, 15) is 4.79 Å². The molecule has 1 aliphatic rings. The molecule has 0 radical (unpaired) electrons. The Morgan fingerprint density at radius 1 is 1.43 bits per heavy atom. The zero-order valence-electron chi connectivity index (χ0n) is 12.1. The Labute approximate surface area is 123 Å². The Morgan fingerprint density at radius 2 is 2.24 bits per heavy atom. The van der Waals surface area contributed by atoms with Crippen LogP contribution in [0.15, 0.2) is 36.7 Å². The number of amides is 1. The van der Waals surface area contributed by atoms with Crippen molar-refractivity contribution in [2.24, 2.45) is 5.92 Å². The van der Waals surface area contributed by atoms with Gasteiger partial charge in [0, 0.05) is 12.7 Å². The SMILES string of the molecule is CCOc1ccccc1C(=O)Nc1cnn(CC2CC2)c1. The number of hydrogen-bond acceptors (Lipinski definition) is 3. The standard InChI is InChI=1S/C16H19N3O2/c1-2-21-15-6-4-3-5-14(15)16(20)18-13-9-17-19(11-13)10-12-7-8-12/h3-6,9,11-12H,2,7-8,10H2,1H3,(H,18,20). The summed E-state index contributed by atoms with van der Waals surface area (Å²) in [6.45, 7) is 3.37. The van der Waals surface area contributed by atoms with Crippen molar-refractivity contribution in [2.75, 3.05) is 11.9 Å². The second-order valence-electron chi connectivity index (χ2n) is 5.28. The van der Waals surface area contributed by atoms with E-state index in [1.54, 1.807) is 18.3 Å². The molecule has 1 N–H and O–H groups in total. The van der Waals surface area contributed by atoms with Gasteiger partial charge in [0.15, 0.2) is 0 Å². The van der Waals surface area contributed by atoms with Crippen LogP contribution in [0.2, 0.25) is 0 Å². The van der Waals surface area contributed by atoms with Crippen molar-refractivity contribution in [3.8, 4) is 5.75 Å². The van der Waals surface area contributed by atoms with Gasteiger partial charge in [0.2, 0.25) is 0 Å². The maximum Gasteiger partial charge on any atom is 0.259 e. The Bertz CT molecular complexity index is 632. The van der Waals surface area contributed by atoms with Gasteiger partial charge in [-0.25, -0.2) is 0 Å². The summed E-state index contributed by atoms with van der Waals surface area (Å²) in [7, 11) is 0. The molecule has 0 unspecified atom stereocenters. The van der Waals surface area contributed by atoms with Gasteiger partial charge in [-0.15, -0.1) is 0 Å². The van der Waals surface area contributed by atoms with Crippen molar-refractivity contribution in [1.29, 1.82) is 0 Å². The quantitative estimate of drug-likeness (QED) is 0.887. The predicted octanol–water partition coefficient (Wildman–Crippen LogP) is 2.94. The molecular weight excluding hydrogens is 266 g/mol. The fourth-order valence-corrected chi connectivity index (χ4v) is 2.23. The molecule has 21 heavy (non-hydrogen) atoms. The van der Waals surface area contributed by atoms with E-state index < -0.39 is 0 Å². The number of nitrogens with one attached hydrogen (secondary N) is 1. The smallest absolute Gasteiger partial charge is 0.259 e. The molecule has 5 nitrogen and oxygen atoms in total. The van der Waals surface area contributed by atoms with E-state index in [-0.39, 0.29) is 5.91 Å². The van der Waals surface area contributed by atoms with Gasteiger partial charge in [-0.3, -0.25) is 9.48 Å². The molecule has 1 aliphatic carbocycles. The van der Waals surface area contributed by atoms with Crippen molar-refractivity contribution in [1.82, 2.24) is 9.78 Å². The van der Waals surface area contributed by atoms with E-state index in [1.165, 1.54) is 12.8 Å². The van der Waals surface area contributed by atoms with E-state index >= 15 is 0 Å². The molecule has 1 aromatic carbocycles. The molecule has 1 heterocycles. The van der Waals surface area contributed by atoms with E-state index in [2.05, 4.69) is 10.4 Å². The Balaban J connectivity index is 1.69. The third-order valence-electron chi connectivity index (χ3n) is 3.46. The van der Waals surface area contributed by atoms with Gasteiger partial charge in [0.05, 0.1) is 24.1 Å². The zero-order chi connectivity index (χ0) is 14.7. The van der Waals surface area contributed by atoms with Crippen LogP contribution in [0.25, 0.3) is 0 Å². The van der Waals surface area contributed by atoms with Crippen LogP contribution in [0.1, 0.15) is 30.1 Å². The summed E-state index contributed by atoms with van der Waals surface area (Å²) in [5.74, 6) is 1.18. The van der Waals surface area contributed by atoms with Crippen molar-refractivity contribution in [2.45, 2.75) is 26.3 Å². The molecule has 0 bridgehead atoms. The fraction of sp³-hybridized carbons (Fsp3) is 0.375. The molecule has 1 aromatic heterocycles. The molecule has 0 atom stereocenters. The summed E-state index contributed by atoms with van der Waals surface area (Å²) in [5, 5.41) is 7.14. The summed E-state index contributed by atoms with van der Waals surface area (Å²) in [6.07, 6.45) is 6.12. The molecule has 2 aromatic rings. The van der Waals surface area contributed by atoms with Crippen molar-refractivity contribution in [3.63, 3.8) is 0 Å². The summed E-state index contributed by atoms with van der Waals surface area (Å²) >= 11 is 0. The number of rotatable bonds is 6. The monoisotopic (exact) mass is 285 g/mol. The van der Waals surface area contributed by atoms with Crippen LogP contribution in [0, 0.1) is 5.92 Å². The lowest BCUT2D eigenvalue weighted by atomic mass is 10.2. The molecule has 1 fully saturated rings. The molecule has 110 valence electrons. The topological polar surface area (TPSA) is 56.1 Å². The molecule has 0 spiro atoms. The predicted molar refractivity (Wildman–Crippen MR) is 80.5 cm³/mol. The number of nitrogens with zero attached hydrogens (tertiary/aromatic N) is 2. The molecular formula is C16H19N3O2. The summed E-state index contributed by atoms with van der Waals surface area (Å²) < 4.78 is 7.37. The van der Waals surface area contributed by atoms with Gasteiger partial charge >= 0.3 is 0 Å². The number of aromatic nitrogens is 2. The molecule has 0 saturated heterocycles. The van der Waals surface area contributed by atoms with Crippen molar-refractivity contribution < 1.29 is 9.53 Å². The van der Waals surface area contributed by atoms with Gasteiger partial charge < -0.3 is 10.1 Å². The molecule has 5 heteroatoms. The van der Waals surface area contributed by atoms with Gasteiger partial charge in [0.25, 0.3) is 5.91 Å². The zero-order valence-corrected chi connectivity index (χ0v) is 12.1. The highest BCUT2D eigenvalue weighted by atomic mass is 16.5. The van der Waals surface area contributed by atoms with E-state index in [0.717, 1.165) is 12.5 Å². The van der Waals surface area contributed by atoms with Crippen LogP contribution in [0.3, 0.4) is 0 Å². The molecule has 1 amide bonds. The lowest BCUT2D eigenvalue weighted by Crippen LogP contribution is -2.13. The number of benzene rings is 1. The number of carbonyl (C=O) groups excluding carboxylic acids is 1. The first-order valence-electron chi connectivity index (χ1n) is 7.32. The molecule has 0 aliphatic heterocycles. The van der Waals surface area contributed by atoms with Gasteiger partial charge in [0.1, 0.15) is 5.75 Å². The van der Waals surface area contributed by atoms with Crippen LogP contribution in [-0.2, 0) is 6.54 Å². The van der Waals surface area contributed by atoms with Gasteiger partial charge in [-0.05, 0) is 37.8 Å². The van der Waals surface area contributed by atoms with Gasteiger partial charge in [-0.2, -0.15) is 5.10 Å². The van der Waals surface area contributed by atoms with E-state index in [1.807, 2.05) is 29.9 Å². The van der Waals surface area contributed by atoms with Crippen LogP contribution >= 0.6 is 0 Å². The largest absolute Gasteiger partial charge is 0.493 e. The minimum absolute atomic E-state index is 0.176. The normalized spacial score (nSPS) is 14.0. The number of anilines is 1. The van der Waals surface area contributed by atoms with E-state index in [0.29, 0.717) is 23.6 Å². The Hall–Kier alpha value is -2.30. The van der Waals surface area contributed by atoms with Crippen LogP contribution in [0.5, 0.6) is 5.75 Å². The fourth-order valence-electron chi connectivity index (χ4n) is 2.23. The first-order chi connectivity index (χ1) is 10.3. The average Bonchev–Trinajstić information content (AvgIpc) is 3.19. The van der Waals surface area contributed by atoms with Crippen LogP contribution in [0.4, 0.5) is 5.69 Å². The molecule has 3 rings (SSSR count). The average molecular weight is 285 g/mol. The van der Waals surface area contributed by atoms with Gasteiger partial charge in [-0.1, -0.05) is 12.1 Å². The lowest BCUT2D eigenvalue weighted by molar-refractivity contribution is 0.102. The van der Waals surface area contributed by atoms with E-state index in [4.69, 9.17) is 4.74 Å². The maximum absolute atomic E-state index is 12.3. The number of hydrogen-bond donors (Lipinski definition) is 1. The second-order valence-corrected chi connectivity index (χ2v) is 5.28. The number of carbonyl (C=O) groups is 1. The first-order valence-corrected chi connectivity index (χ1v) is 7.32. The van der Waals surface area contributed by atoms with Crippen LogP contribution < -0.4 is 10.1 Å². The highest BCUT2D eigenvalue weighted by Crippen LogP contribution is 2.30. The number of ether oxygens (including phenoxy) is 1. The maximum atomic E-state index is 12.3. The summed E-state index contributed by atoms with van der Waals surface area (Å²) in [5.41, 5.74) is 1.25.